The Hall–Kier alpha value is -3.26. The number of benzene rings is 2. The minimum absolute atomic E-state index is 0.145. The lowest BCUT2D eigenvalue weighted by Gasteiger charge is -2.19. The smallest absolute Gasteiger partial charge is 0.251 e. The highest BCUT2D eigenvalue weighted by Gasteiger charge is 2.23. The molecule has 1 unspecified atom stereocenters. The highest BCUT2D eigenvalue weighted by Crippen LogP contribution is 2.27. The zero-order chi connectivity index (χ0) is 20.5. The number of aromatic nitrogens is 4. The van der Waals surface area contributed by atoms with E-state index in [9.17, 15) is 4.79 Å². The number of rotatable bonds is 5. The summed E-state index contributed by atoms with van der Waals surface area (Å²) in [7, 11) is 1.90. The Labute approximate surface area is 172 Å². The fourth-order valence-electron chi connectivity index (χ4n) is 3.23. The first-order valence-electron chi connectivity index (χ1n) is 9.34. The molecule has 0 radical (unpaired) electrons. The van der Waals surface area contributed by atoms with E-state index in [2.05, 4.69) is 26.7 Å². The zero-order valence-corrected chi connectivity index (χ0v) is 17.3. The van der Waals surface area contributed by atoms with Gasteiger partial charge in [0.2, 0.25) is 5.13 Å². The van der Waals surface area contributed by atoms with Crippen LogP contribution >= 0.6 is 11.3 Å². The third kappa shape index (κ3) is 3.97. The van der Waals surface area contributed by atoms with Crippen molar-refractivity contribution < 1.29 is 4.79 Å². The van der Waals surface area contributed by atoms with Crippen molar-refractivity contribution in [2.45, 2.75) is 19.9 Å². The Balaban J connectivity index is 1.59. The molecule has 0 spiro atoms. The van der Waals surface area contributed by atoms with Crippen LogP contribution in [0.4, 0.5) is 5.13 Å². The molecule has 0 saturated carbocycles. The van der Waals surface area contributed by atoms with Crippen LogP contribution in [0.15, 0.2) is 48.7 Å². The molecule has 7 nitrogen and oxygen atoms in total. The second-order valence-electron chi connectivity index (χ2n) is 7.33. The molecule has 0 aliphatic rings. The third-order valence-corrected chi connectivity index (χ3v) is 5.62. The molecule has 0 saturated heterocycles. The summed E-state index contributed by atoms with van der Waals surface area (Å²) in [6.45, 7) is 4.06. The van der Waals surface area contributed by atoms with Gasteiger partial charge in [0, 0.05) is 24.4 Å². The van der Waals surface area contributed by atoms with Crippen LogP contribution in [0.25, 0.3) is 22.0 Å². The summed E-state index contributed by atoms with van der Waals surface area (Å²) in [5.41, 5.74) is 8.27. The van der Waals surface area contributed by atoms with E-state index in [-0.39, 0.29) is 17.9 Å². The molecular formula is C21H22N6OS. The van der Waals surface area contributed by atoms with Gasteiger partial charge in [0.15, 0.2) is 0 Å². The molecule has 0 bridgehead atoms. The minimum atomic E-state index is -0.237. The molecule has 2 aromatic carbocycles. The molecular weight excluding hydrogens is 384 g/mol. The summed E-state index contributed by atoms with van der Waals surface area (Å²) in [4.78, 5) is 12.9. The van der Waals surface area contributed by atoms with E-state index in [4.69, 9.17) is 5.73 Å². The topological polar surface area (TPSA) is 98.7 Å². The van der Waals surface area contributed by atoms with Crippen LogP contribution in [0, 0.1) is 5.92 Å². The van der Waals surface area contributed by atoms with E-state index in [0.717, 1.165) is 22.0 Å². The summed E-state index contributed by atoms with van der Waals surface area (Å²) in [5.74, 6) is 0.0147. The van der Waals surface area contributed by atoms with Crippen molar-refractivity contribution >= 4 is 33.1 Å². The summed E-state index contributed by atoms with van der Waals surface area (Å²) < 4.78 is 1.78. The molecule has 3 N–H and O–H groups in total. The monoisotopic (exact) mass is 406 g/mol. The SMILES string of the molecule is CC(C)C(NC(=O)c1ccc2cc(-c3ccn(C)n3)ccc2c1)c1nnc(N)s1. The number of aryl methyl sites for hydroxylation is 1. The van der Waals surface area contributed by atoms with Crippen LogP contribution in [0.2, 0.25) is 0 Å². The van der Waals surface area contributed by atoms with Gasteiger partial charge < -0.3 is 11.1 Å². The molecule has 4 aromatic rings. The van der Waals surface area contributed by atoms with Gasteiger partial charge in [0.05, 0.1) is 11.7 Å². The normalized spacial score (nSPS) is 12.4. The van der Waals surface area contributed by atoms with Gasteiger partial charge in [-0.15, -0.1) is 10.2 Å². The van der Waals surface area contributed by atoms with Gasteiger partial charge in [0.25, 0.3) is 5.91 Å². The van der Waals surface area contributed by atoms with Crippen molar-refractivity contribution in [1.82, 2.24) is 25.3 Å². The second kappa shape index (κ2) is 7.63. The van der Waals surface area contributed by atoms with Crippen molar-refractivity contribution in [1.29, 1.82) is 0 Å². The number of anilines is 1. The molecule has 1 atom stereocenters. The lowest BCUT2D eigenvalue weighted by Crippen LogP contribution is -2.31. The van der Waals surface area contributed by atoms with Crippen LogP contribution in [0.1, 0.15) is 35.3 Å². The van der Waals surface area contributed by atoms with Crippen LogP contribution in [-0.4, -0.2) is 25.9 Å². The van der Waals surface area contributed by atoms with E-state index >= 15 is 0 Å². The van der Waals surface area contributed by atoms with Crippen LogP contribution in [-0.2, 0) is 7.05 Å². The molecule has 4 rings (SSSR count). The number of nitrogens with zero attached hydrogens (tertiary/aromatic N) is 4. The fourth-order valence-corrected chi connectivity index (χ4v) is 4.06. The van der Waals surface area contributed by atoms with E-state index in [1.165, 1.54) is 11.3 Å². The Morgan fingerprint density at radius 1 is 1.10 bits per heavy atom. The van der Waals surface area contributed by atoms with E-state index in [1.54, 1.807) is 4.68 Å². The van der Waals surface area contributed by atoms with Crippen molar-refractivity contribution in [2.24, 2.45) is 13.0 Å². The average molecular weight is 407 g/mol. The molecule has 0 aliphatic heterocycles. The van der Waals surface area contributed by atoms with E-state index in [0.29, 0.717) is 15.7 Å². The van der Waals surface area contributed by atoms with Crippen LogP contribution in [0.3, 0.4) is 0 Å². The molecule has 29 heavy (non-hydrogen) atoms. The summed E-state index contributed by atoms with van der Waals surface area (Å²) in [5, 5.41) is 18.6. The largest absolute Gasteiger partial charge is 0.374 e. The van der Waals surface area contributed by atoms with Gasteiger partial charge in [-0.2, -0.15) is 5.10 Å². The number of nitrogens with two attached hydrogens (primary N) is 1. The number of hydrogen-bond acceptors (Lipinski definition) is 6. The minimum Gasteiger partial charge on any atom is -0.374 e. The first-order valence-corrected chi connectivity index (χ1v) is 10.2. The maximum Gasteiger partial charge on any atom is 0.251 e. The van der Waals surface area contributed by atoms with Gasteiger partial charge in [-0.3, -0.25) is 9.48 Å². The Morgan fingerprint density at radius 2 is 1.86 bits per heavy atom. The van der Waals surface area contributed by atoms with Gasteiger partial charge in [-0.25, -0.2) is 0 Å². The van der Waals surface area contributed by atoms with Crippen molar-refractivity contribution in [3.8, 4) is 11.3 Å². The van der Waals surface area contributed by atoms with Gasteiger partial charge >= 0.3 is 0 Å². The fraction of sp³-hybridized carbons (Fsp3) is 0.238. The van der Waals surface area contributed by atoms with Crippen LogP contribution in [0.5, 0.6) is 0 Å². The number of amides is 1. The van der Waals surface area contributed by atoms with Crippen molar-refractivity contribution in [3.05, 3.63) is 59.2 Å². The Bertz CT molecular complexity index is 1180. The molecule has 2 aromatic heterocycles. The molecule has 8 heteroatoms. The van der Waals surface area contributed by atoms with E-state index in [1.807, 2.05) is 63.5 Å². The lowest BCUT2D eigenvalue weighted by molar-refractivity contribution is 0.0925. The zero-order valence-electron chi connectivity index (χ0n) is 16.5. The number of nitrogens with one attached hydrogen (secondary N) is 1. The van der Waals surface area contributed by atoms with Gasteiger partial charge in [-0.05, 0) is 41.0 Å². The standard InChI is InChI=1S/C21H22N6OS/c1-12(2)18(20-24-25-21(22)29-20)23-19(28)16-7-5-13-10-15(6-4-14(13)11-16)17-8-9-27(3)26-17/h4-12,18H,1-3H3,(H2,22,25)(H,23,28). The molecule has 0 fully saturated rings. The third-order valence-electron chi connectivity index (χ3n) is 4.79. The van der Waals surface area contributed by atoms with Gasteiger partial charge in [-0.1, -0.05) is 43.4 Å². The predicted molar refractivity (Wildman–Crippen MR) is 116 cm³/mol. The molecule has 0 aliphatic carbocycles. The summed E-state index contributed by atoms with van der Waals surface area (Å²) in [6, 6.07) is 13.6. The highest BCUT2D eigenvalue weighted by molar-refractivity contribution is 7.15. The highest BCUT2D eigenvalue weighted by atomic mass is 32.1. The number of carbonyl (C=O) groups excluding carboxylic acids is 1. The maximum atomic E-state index is 12.9. The molecule has 1 amide bonds. The van der Waals surface area contributed by atoms with Crippen molar-refractivity contribution in [2.75, 3.05) is 5.73 Å². The molecule has 2 heterocycles. The van der Waals surface area contributed by atoms with Crippen LogP contribution < -0.4 is 11.1 Å². The summed E-state index contributed by atoms with van der Waals surface area (Å²) >= 11 is 1.30. The first-order chi connectivity index (χ1) is 13.9. The quantitative estimate of drug-likeness (QED) is 0.525. The summed E-state index contributed by atoms with van der Waals surface area (Å²) in [6.07, 6.45) is 1.92. The Morgan fingerprint density at radius 3 is 2.52 bits per heavy atom. The number of carbonyl (C=O) groups is 1. The lowest BCUT2D eigenvalue weighted by atomic mass is 10.0. The van der Waals surface area contributed by atoms with E-state index < -0.39 is 0 Å². The number of nitrogen functional groups attached to an aromatic ring is 1. The Kier molecular flexibility index (Phi) is 5.02. The first kappa shape index (κ1) is 19.1. The maximum absolute atomic E-state index is 12.9. The second-order valence-corrected chi connectivity index (χ2v) is 8.37. The molecule has 148 valence electrons. The predicted octanol–water partition coefficient (Wildman–Crippen LogP) is 3.80. The van der Waals surface area contributed by atoms with Gasteiger partial charge in [0.1, 0.15) is 5.01 Å². The van der Waals surface area contributed by atoms with Crippen molar-refractivity contribution in [3.63, 3.8) is 0 Å². The number of hydrogen-bond donors (Lipinski definition) is 2. The average Bonchev–Trinajstić information content (AvgIpc) is 3.33. The number of fused-ring (bicyclic) bond motifs is 1.